The molecule has 88 valence electrons. The van der Waals surface area contributed by atoms with Gasteiger partial charge in [0.25, 0.3) is 0 Å². The van der Waals surface area contributed by atoms with Gasteiger partial charge >= 0.3 is 0 Å². The van der Waals surface area contributed by atoms with Crippen molar-refractivity contribution in [1.29, 1.82) is 0 Å². The molecule has 0 saturated heterocycles. The van der Waals surface area contributed by atoms with Gasteiger partial charge in [0.15, 0.2) is 0 Å². The van der Waals surface area contributed by atoms with Crippen LogP contribution in [0.4, 0.5) is 5.69 Å². The molecule has 0 fully saturated rings. The van der Waals surface area contributed by atoms with Crippen molar-refractivity contribution in [3.05, 3.63) is 42.2 Å². The molecule has 1 aromatic heterocycles. The largest absolute Gasteiger partial charge is 0.494 e. The number of anilines is 1. The number of nitrogens with zero attached hydrogens (tertiary/aromatic N) is 1. The highest BCUT2D eigenvalue weighted by Crippen LogP contribution is 2.26. The van der Waals surface area contributed by atoms with Gasteiger partial charge in [-0.25, -0.2) is 0 Å². The molecule has 17 heavy (non-hydrogen) atoms. The average molecular weight is 228 g/mol. The standard InChI is InChI=1S/C14H16N2O/c1-3-17-14-7-12(6-13(15)8-14)11-5-4-10(2)16-9-11/h4-9H,3,15H2,1-2H3. The minimum Gasteiger partial charge on any atom is -0.494 e. The van der Waals surface area contributed by atoms with Gasteiger partial charge in [-0.05, 0) is 37.6 Å². The number of benzene rings is 1. The number of nitrogens with two attached hydrogens (primary N) is 1. The Morgan fingerprint density at radius 2 is 2.00 bits per heavy atom. The predicted octanol–water partition coefficient (Wildman–Crippen LogP) is 3.04. The van der Waals surface area contributed by atoms with E-state index in [1.165, 1.54) is 0 Å². The Bertz CT molecular complexity index is 506. The topological polar surface area (TPSA) is 48.1 Å². The van der Waals surface area contributed by atoms with Gasteiger partial charge in [-0.15, -0.1) is 0 Å². The minimum absolute atomic E-state index is 0.634. The molecule has 0 aliphatic heterocycles. The first-order valence-corrected chi connectivity index (χ1v) is 5.65. The van der Waals surface area contributed by atoms with Crippen molar-refractivity contribution in [2.75, 3.05) is 12.3 Å². The van der Waals surface area contributed by atoms with Crippen LogP contribution < -0.4 is 10.5 Å². The van der Waals surface area contributed by atoms with Crippen LogP contribution in [-0.4, -0.2) is 11.6 Å². The lowest BCUT2D eigenvalue weighted by Gasteiger charge is -2.08. The molecule has 0 amide bonds. The number of nitrogen functional groups attached to an aromatic ring is 1. The Labute approximate surface area is 101 Å². The monoisotopic (exact) mass is 228 g/mol. The number of aryl methyl sites for hydroxylation is 1. The van der Waals surface area contributed by atoms with Crippen molar-refractivity contribution in [3.8, 4) is 16.9 Å². The zero-order chi connectivity index (χ0) is 12.3. The van der Waals surface area contributed by atoms with Gasteiger partial charge in [-0.3, -0.25) is 4.98 Å². The average Bonchev–Trinajstić information content (AvgIpc) is 2.29. The van der Waals surface area contributed by atoms with Gasteiger partial charge in [0.05, 0.1) is 6.61 Å². The fourth-order valence-electron chi connectivity index (χ4n) is 1.68. The van der Waals surface area contributed by atoms with Crippen LogP contribution in [0.2, 0.25) is 0 Å². The Hall–Kier alpha value is -2.03. The summed E-state index contributed by atoms with van der Waals surface area (Å²) in [6.45, 7) is 4.56. The molecule has 0 aliphatic carbocycles. The van der Waals surface area contributed by atoms with E-state index in [4.69, 9.17) is 10.5 Å². The highest BCUT2D eigenvalue weighted by Gasteiger charge is 2.02. The molecular weight excluding hydrogens is 212 g/mol. The van der Waals surface area contributed by atoms with Crippen molar-refractivity contribution >= 4 is 5.69 Å². The summed E-state index contributed by atoms with van der Waals surface area (Å²) in [6, 6.07) is 9.75. The maximum atomic E-state index is 5.86. The molecule has 0 aliphatic rings. The quantitative estimate of drug-likeness (QED) is 0.821. The lowest BCUT2D eigenvalue weighted by molar-refractivity contribution is 0.340. The number of hydrogen-bond acceptors (Lipinski definition) is 3. The number of pyridine rings is 1. The summed E-state index contributed by atoms with van der Waals surface area (Å²) in [5.74, 6) is 0.795. The summed E-state index contributed by atoms with van der Waals surface area (Å²) in [4.78, 5) is 4.28. The fraction of sp³-hybridized carbons (Fsp3) is 0.214. The second-order valence-corrected chi connectivity index (χ2v) is 3.91. The molecule has 2 N–H and O–H groups in total. The van der Waals surface area contributed by atoms with Gasteiger partial charge in [-0.2, -0.15) is 0 Å². The lowest BCUT2D eigenvalue weighted by Crippen LogP contribution is -1.94. The van der Waals surface area contributed by atoms with Gasteiger partial charge < -0.3 is 10.5 Å². The van der Waals surface area contributed by atoms with Gasteiger partial charge in [0.1, 0.15) is 5.75 Å². The second-order valence-electron chi connectivity index (χ2n) is 3.91. The summed E-state index contributed by atoms with van der Waals surface area (Å²) in [5, 5.41) is 0. The van der Waals surface area contributed by atoms with Gasteiger partial charge in [0.2, 0.25) is 0 Å². The van der Waals surface area contributed by atoms with Crippen LogP contribution in [0.5, 0.6) is 5.75 Å². The van der Waals surface area contributed by atoms with Gasteiger partial charge in [0, 0.05) is 29.2 Å². The van der Waals surface area contributed by atoms with Crippen molar-refractivity contribution in [1.82, 2.24) is 4.98 Å². The first kappa shape index (κ1) is 11.5. The molecule has 0 unspecified atom stereocenters. The van der Waals surface area contributed by atoms with Crippen LogP contribution in [0, 0.1) is 6.92 Å². The first-order valence-electron chi connectivity index (χ1n) is 5.65. The van der Waals surface area contributed by atoms with Crippen LogP contribution in [0.15, 0.2) is 36.5 Å². The van der Waals surface area contributed by atoms with E-state index in [1.807, 2.05) is 50.4 Å². The minimum atomic E-state index is 0.634. The SMILES string of the molecule is CCOc1cc(N)cc(-c2ccc(C)nc2)c1. The van der Waals surface area contributed by atoms with Crippen LogP contribution >= 0.6 is 0 Å². The molecule has 1 heterocycles. The Morgan fingerprint density at radius 1 is 1.18 bits per heavy atom. The van der Waals surface area contributed by atoms with E-state index >= 15 is 0 Å². The molecule has 3 nitrogen and oxygen atoms in total. The van der Waals surface area contributed by atoms with E-state index in [2.05, 4.69) is 4.98 Å². The molecule has 0 atom stereocenters. The Balaban J connectivity index is 2.40. The molecule has 2 rings (SSSR count). The molecule has 0 saturated carbocycles. The highest BCUT2D eigenvalue weighted by molar-refractivity contribution is 5.69. The van der Waals surface area contributed by atoms with Crippen LogP contribution in [0.1, 0.15) is 12.6 Å². The van der Waals surface area contributed by atoms with E-state index in [1.54, 1.807) is 0 Å². The third-order valence-corrected chi connectivity index (χ3v) is 2.48. The Morgan fingerprint density at radius 3 is 2.65 bits per heavy atom. The van der Waals surface area contributed by atoms with E-state index in [0.29, 0.717) is 12.3 Å². The third kappa shape index (κ3) is 2.75. The van der Waals surface area contributed by atoms with E-state index in [9.17, 15) is 0 Å². The Kier molecular flexibility index (Phi) is 3.28. The molecule has 3 heteroatoms. The summed E-state index contributed by atoms with van der Waals surface area (Å²) in [5.41, 5.74) is 9.63. The number of hydrogen-bond donors (Lipinski definition) is 1. The number of rotatable bonds is 3. The van der Waals surface area contributed by atoms with Crippen molar-refractivity contribution in [2.45, 2.75) is 13.8 Å². The fourth-order valence-corrected chi connectivity index (χ4v) is 1.68. The van der Waals surface area contributed by atoms with E-state index in [0.717, 1.165) is 22.6 Å². The first-order chi connectivity index (χ1) is 8.19. The highest BCUT2D eigenvalue weighted by atomic mass is 16.5. The second kappa shape index (κ2) is 4.87. The smallest absolute Gasteiger partial charge is 0.121 e. The zero-order valence-corrected chi connectivity index (χ0v) is 10.1. The van der Waals surface area contributed by atoms with Crippen molar-refractivity contribution in [3.63, 3.8) is 0 Å². The van der Waals surface area contributed by atoms with Gasteiger partial charge in [-0.1, -0.05) is 6.07 Å². The van der Waals surface area contributed by atoms with Crippen LogP contribution in [-0.2, 0) is 0 Å². The van der Waals surface area contributed by atoms with Crippen molar-refractivity contribution in [2.24, 2.45) is 0 Å². The van der Waals surface area contributed by atoms with Crippen LogP contribution in [0.25, 0.3) is 11.1 Å². The normalized spacial score (nSPS) is 10.2. The van der Waals surface area contributed by atoms with E-state index in [-0.39, 0.29) is 0 Å². The zero-order valence-electron chi connectivity index (χ0n) is 10.1. The third-order valence-electron chi connectivity index (χ3n) is 2.48. The summed E-state index contributed by atoms with van der Waals surface area (Å²) in [6.07, 6.45) is 1.85. The molecule has 1 aromatic carbocycles. The lowest BCUT2D eigenvalue weighted by atomic mass is 10.1. The molecule has 0 bridgehead atoms. The van der Waals surface area contributed by atoms with Crippen molar-refractivity contribution < 1.29 is 4.74 Å². The van der Waals surface area contributed by atoms with E-state index < -0.39 is 0 Å². The number of aromatic nitrogens is 1. The number of ether oxygens (including phenoxy) is 1. The molecule has 0 radical (unpaired) electrons. The molecule has 2 aromatic rings. The maximum Gasteiger partial charge on any atom is 0.121 e. The van der Waals surface area contributed by atoms with Crippen LogP contribution in [0.3, 0.4) is 0 Å². The molecular formula is C14H16N2O. The molecule has 0 spiro atoms. The predicted molar refractivity (Wildman–Crippen MR) is 70.0 cm³/mol. The summed E-state index contributed by atoms with van der Waals surface area (Å²) >= 11 is 0. The summed E-state index contributed by atoms with van der Waals surface area (Å²) in [7, 11) is 0. The maximum absolute atomic E-state index is 5.86. The summed E-state index contributed by atoms with van der Waals surface area (Å²) < 4.78 is 5.47.